The van der Waals surface area contributed by atoms with Crippen LogP contribution in [-0.4, -0.2) is 32.8 Å². The van der Waals surface area contributed by atoms with Gasteiger partial charge in [0.25, 0.3) is 0 Å². The zero-order chi connectivity index (χ0) is 14.2. The minimum absolute atomic E-state index is 0.870. The van der Waals surface area contributed by atoms with Gasteiger partial charge in [-0.15, -0.1) is 11.3 Å². The molecule has 0 atom stereocenters. The second-order valence-electron chi connectivity index (χ2n) is 5.63. The van der Waals surface area contributed by atoms with Crippen LogP contribution in [0.2, 0.25) is 0 Å². The summed E-state index contributed by atoms with van der Waals surface area (Å²) in [6.07, 6.45) is 2.60. The Bertz CT molecular complexity index is 768. The molecule has 0 aliphatic carbocycles. The lowest BCUT2D eigenvalue weighted by Gasteiger charge is -2.10. The van der Waals surface area contributed by atoms with E-state index in [1.165, 1.54) is 36.0 Å². The first-order valence-corrected chi connectivity index (χ1v) is 8.27. The molecule has 0 amide bonds. The van der Waals surface area contributed by atoms with Crippen LogP contribution in [0.3, 0.4) is 0 Å². The van der Waals surface area contributed by atoms with E-state index in [0.29, 0.717) is 0 Å². The van der Waals surface area contributed by atoms with Crippen molar-refractivity contribution in [2.75, 3.05) is 13.1 Å². The highest BCUT2D eigenvalue weighted by Gasteiger charge is 2.16. The lowest BCUT2D eigenvalue weighted by atomic mass is 10.1. The van der Waals surface area contributed by atoms with Gasteiger partial charge in [0.15, 0.2) is 11.6 Å². The number of hydrogen-bond acceptors (Lipinski definition) is 4. The predicted molar refractivity (Wildman–Crippen MR) is 86.3 cm³/mol. The van der Waals surface area contributed by atoms with Crippen molar-refractivity contribution in [3.05, 3.63) is 35.5 Å². The Morgan fingerprint density at radius 2 is 2.05 bits per heavy atom. The van der Waals surface area contributed by atoms with Gasteiger partial charge in [0.05, 0.1) is 6.54 Å². The molecule has 0 N–H and O–H groups in total. The summed E-state index contributed by atoms with van der Waals surface area (Å²) < 4.78 is 3.21. The third-order valence-electron chi connectivity index (χ3n) is 4.08. The molecule has 1 fully saturated rings. The monoisotopic (exact) mass is 298 g/mol. The van der Waals surface area contributed by atoms with Crippen molar-refractivity contribution in [2.45, 2.75) is 19.4 Å². The smallest absolute Gasteiger partial charge is 0.165 e. The Morgan fingerprint density at radius 1 is 1.19 bits per heavy atom. The van der Waals surface area contributed by atoms with Crippen molar-refractivity contribution in [1.29, 1.82) is 0 Å². The first-order valence-electron chi connectivity index (χ1n) is 7.39. The summed E-state index contributed by atoms with van der Waals surface area (Å²) in [7, 11) is 1.98. The lowest BCUT2D eigenvalue weighted by Crippen LogP contribution is -2.19. The Labute approximate surface area is 128 Å². The van der Waals surface area contributed by atoms with Gasteiger partial charge in [-0.3, -0.25) is 4.90 Å². The zero-order valence-electron chi connectivity index (χ0n) is 12.1. The third-order valence-corrected chi connectivity index (χ3v) is 4.96. The van der Waals surface area contributed by atoms with Gasteiger partial charge in [-0.05, 0) is 48.8 Å². The standard InChI is InChI=1S/C16H18N4S/c1-19-16(13-5-4-12-6-9-21-14(12)10-13)17-15(18-19)11-20-7-2-3-8-20/h4-6,9-10H,2-3,7-8,11H2,1H3. The molecule has 0 bridgehead atoms. The topological polar surface area (TPSA) is 34.0 Å². The minimum Gasteiger partial charge on any atom is -0.296 e. The highest BCUT2D eigenvalue weighted by molar-refractivity contribution is 7.17. The molecule has 0 spiro atoms. The molecule has 1 aliphatic rings. The molecule has 0 radical (unpaired) electrons. The van der Waals surface area contributed by atoms with Gasteiger partial charge in [0, 0.05) is 17.3 Å². The lowest BCUT2D eigenvalue weighted by molar-refractivity contribution is 0.322. The predicted octanol–water partition coefficient (Wildman–Crippen LogP) is 3.29. The molecule has 108 valence electrons. The number of aryl methyl sites for hydroxylation is 1. The fourth-order valence-corrected chi connectivity index (χ4v) is 3.82. The largest absolute Gasteiger partial charge is 0.296 e. The summed E-state index contributed by atoms with van der Waals surface area (Å²) in [6, 6.07) is 8.66. The van der Waals surface area contributed by atoms with Crippen molar-refractivity contribution in [2.24, 2.45) is 7.05 Å². The molecule has 1 saturated heterocycles. The van der Waals surface area contributed by atoms with Gasteiger partial charge in [-0.1, -0.05) is 12.1 Å². The summed E-state index contributed by atoms with van der Waals surface area (Å²) in [4.78, 5) is 7.18. The molecule has 4 nitrogen and oxygen atoms in total. The van der Waals surface area contributed by atoms with E-state index in [-0.39, 0.29) is 0 Å². The maximum absolute atomic E-state index is 4.75. The minimum atomic E-state index is 0.870. The molecule has 4 rings (SSSR count). The Morgan fingerprint density at radius 3 is 2.90 bits per heavy atom. The molecule has 0 unspecified atom stereocenters. The highest BCUT2D eigenvalue weighted by atomic mass is 32.1. The van der Waals surface area contributed by atoms with Crippen LogP contribution in [0.1, 0.15) is 18.7 Å². The number of nitrogens with zero attached hydrogens (tertiary/aromatic N) is 4. The van der Waals surface area contributed by atoms with Crippen molar-refractivity contribution >= 4 is 21.4 Å². The maximum Gasteiger partial charge on any atom is 0.165 e. The van der Waals surface area contributed by atoms with Crippen LogP contribution in [-0.2, 0) is 13.6 Å². The van der Waals surface area contributed by atoms with Crippen LogP contribution >= 0.6 is 11.3 Å². The molecule has 3 heterocycles. The van der Waals surface area contributed by atoms with Gasteiger partial charge in [-0.25, -0.2) is 9.67 Å². The molecule has 21 heavy (non-hydrogen) atoms. The number of rotatable bonds is 3. The molecule has 1 aliphatic heterocycles. The average Bonchev–Trinajstić information content (AvgIpc) is 3.19. The van der Waals surface area contributed by atoms with Gasteiger partial charge in [-0.2, -0.15) is 5.10 Å². The Kier molecular flexibility index (Phi) is 3.24. The molecule has 2 aromatic heterocycles. The molecule has 1 aromatic carbocycles. The van der Waals surface area contributed by atoms with Crippen LogP contribution < -0.4 is 0 Å². The van der Waals surface area contributed by atoms with Gasteiger partial charge in [0.2, 0.25) is 0 Å². The first kappa shape index (κ1) is 13.0. The van der Waals surface area contributed by atoms with Crippen LogP contribution in [0.5, 0.6) is 0 Å². The average molecular weight is 298 g/mol. The molecule has 0 saturated carbocycles. The fraction of sp³-hybridized carbons (Fsp3) is 0.375. The van der Waals surface area contributed by atoms with Crippen LogP contribution in [0, 0.1) is 0 Å². The van der Waals surface area contributed by atoms with Gasteiger partial charge >= 0.3 is 0 Å². The quantitative estimate of drug-likeness (QED) is 0.744. The van der Waals surface area contributed by atoms with Crippen molar-refractivity contribution in [1.82, 2.24) is 19.7 Å². The summed E-state index contributed by atoms with van der Waals surface area (Å²) in [5, 5.41) is 8.01. The van der Waals surface area contributed by atoms with E-state index in [1.54, 1.807) is 11.3 Å². The maximum atomic E-state index is 4.75. The first-order chi connectivity index (χ1) is 10.3. The number of likely N-dealkylation sites (tertiary alicyclic amines) is 1. The summed E-state index contributed by atoms with van der Waals surface area (Å²) in [5.74, 6) is 1.89. The summed E-state index contributed by atoms with van der Waals surface area (Å²) in [5.41, 5.74) is 1.15. The number of hydrogen-bond donors (Lipinski definition) is 0. The van der Waals surface area contributed by atoms with E-state index in [2.05, 4.69) is 39.6 Å². The van der Waals surface area contributed by atoms with E-state index >= 15 is 0 Å². The number of fused-ring (bicyclic) bond motifs is 1. The Balaban J connectivity index is 1.65. The van der Waals surface area contributed by atoms with Crippen LogP contribution in [0.15, 0.2) is 29.6 Å². The Hall–Kier alpha value is -1.72. The highest BCUT2D eigenvalue weighted by Crippen LogP contribution is 2.26. The van der Waals surface area contributed by atoms with Crippen LogP contribution in [0.25, 0.3) is 21.5 Å². The number of thiophene rings is 1. The number of benzene rings is 1. The normalized spacial score (nSPS) is 16.0. The second kappa shape index (κ2) is 5.24. The SMILES string of the molecule is Cn1nc(CN2CCCC2)nc1-c1ccc2ccsc2c1. The van der Waals surface area contributed by atoms with E-state index in [4.69, 9.17) is 4.98 Å². The van der Waals surface area contributed by atoms with Gasteiger partial charge in [0.1, 0.15) is 0 Å². The van der Waals surface area contributed by atoms with Gasteiger partial charge < -0.3 is 0 Å². The fourth-order valence-electron chi connectivity index (χ4n) is 2.99. The van der Waals surface area contributed by atoms with E-state index in [9.17, 15) is 0 Å². The summed E-state index contributed by atoms with van der Waals surface area (Å²) >= 11 is 1.77. The van der Waals surface area contributed by atoms with Crippen molar-refractivity contribution < 1.29 is 0 Å². The van der Waals surface area contributed by atoms with E-state index < -0.39 is 0 Å². The van der Waals surface area contributed by atoms with Crippen molar-refractivity contribution in [3.8, 4) is 11.4 Å². The van der Waals surface area contributed by atoms with E-state index in [0.717, 1.165) is 23.8 Å². The van der Waals surface area contributed by atoms with Crippen LogP contribution in [0.4, 0.5) is 0 Å². The van der Waals surface area contributed by atoms with Crippen molar-refractivity contribution in [3.63, 3.8) is 0 Å². The molecule has 5 heteroatoms. The zero-order valence-corrected chi connectivity index (χ0v) is 12.9. The third kappa shape index (κ3) is 2.47. The second-order valence-corrected chi connectivity index (χ2v) is 6.58. The molecular weight excluding hydrogens is 280 g/mol. The molecule has 3 aromatic rings. The summed E-state index contributed by atoms with van der Waals surface area (Å²) in [6.45, 7) is 3.22. The van der Waals surface area contributed by atoms with E-state index in [1.807, 2.05) is 11.7 Å². The molecular formula is C16H18N4S. The number of aromatic nitrogens is 3.